The third kappa shape index (κ3) is 8.08. The molecule has 5 atom stereocenters. The average molecular weight is 565 g/mol. The largest absolute Gasteiger partial charge is 0.479 e. The smallest absolute Gasteiger partial charge is 0.335 e. The first-order chi connectivity index (χ1) is 19.0. The fraction of sp³-hybridized carbons (Fsp3) is 0.500. The summed E-state index contributed by atoms with van der Waals surface area (Å²) in [4.78, 5) is 58.8. The number of amides is 3. The highest BCUT2D eigenvalue weighted by atomic mass is 16.7. The third-order valence-corrected chi connectivity index (χ3v) is 6.29. The number of ether oxygens (including phenoxy) is 3. The van der Waals surface area contributed by atoms with Crippen LogP contribution in [0.2, 0.25) is 0 Å². The van der Waals surface area contributed by atoms with Gasteiger partial charge in [0.05, 0.1) is 0 Å². The van der Waals surface area contributed by atoms with E-state index in [9.17, 15) is 44.4 Å². The molecule has 40 heavy (non-hydrogen) atoms. The molecule has 0 aromatic heterocycles. The summed E-state index contributed by atoms with van der Waals surface area (Å²) in [5.41, 5.74) is 1.23. The fourth-order valence-electron chi connectivity index (χ4n) is 4.11. The lowest BCUT2D eigenvalue weighted by atomic mass is 9.99. The van der Waals surface area contributed by atoms with Gasteiger partial charge in [0.25, 0.3) is 11.8 Å². The second kappa shape index (κ2) is 14.0. The van der Waals surface area contributed by atoms with Crippen molar-refractivity contribution in [3.05, 3.63) is 41.5 Å². The van der Waals surface area contributed by atoms with Crippen molar-refractivity contribution >= 4 is 29.7 Å². The number of carbonyl (C=O) groups excluding carboxylic acids is 4. The van der Waals surface area contributed by atoms with Crippen molar-refractivity contribution in [1.29, 1.82) is 0 Å². The molecular formula is C26H32N2O12. The number of unbranched alkanes of at least 4 members (excludes halogenated alkanes) is 1. The van der Waals surface area contributed by atoms with Gasteiger partial charge in [-0.2, -0.15) is 0 Å². The van der Waals surface area contributed by atoms with Crippen LogP contribution >= 0.6 is 0 Å². The van der Waals surface area contributed by atoms with Crippen molar-refractivity contribution in [2.45, 2.75) is 69.9 Å². The van der Waals surface area contributed by atoms with E-state index in [-0.39, 0.29) is 31.2 Å². The van der Waals surface area contributed by atoms with E-state index in [0.717, 1.165) is 22.6 Å². The number of aliphatic hydroxyl groups excluding tert-OH is 3. The number of aliphatic carboxylic acids is 1. The minimum absolute atomic E-state index is 0.00271. The van der Waals surface area contributed by atoms with E-state index < -0.39 is 54.5 Å². The van der Waals surface area contributed by atoms with Gasteiger partial charge in [0.15, 0.2) is 6.10 Å². The van der Waals surface area contributed by atoms with Gasteiger partial charge in [0.1, 0.15) is 30.7 Å². The Bertz CT molecular complexity index is 1130. The van der Waals surface area contributed by atoms with Crippen LogP contribution in [0.15, 0.2) is 30.4 Å². The maximum Gasteiger partial charge on any atom is 0.335 e. The molecule has 0 spiro atoms. The highest BCUT2D eigenvalue weighted by molar-refractivity contribution is 6.13. The molecule has 218 valence electrons. The number of carbonyl (C=O) groups is 5. The predicted octanol–water partition coefficient (Wildman–Crippen LogP) is -1.23. The Labute approximate surface area is 229 Å². The van der Waals surface area contributed by atoms with Gasteiger partial charge in [-0.1, -0.05) is 6.07 Å². The first kappa shape index (κ1) is 30.7. The lowest BCUT2D eigenvalue weighted by molar-refractivity contribution is -0.271. The van der Waals surface area contributed by atoms with Crippen molar-refractivity contribution in [2.75, 3.05) is 13.1 Å². The van der Waals surface area contributed by atoms with Gasteiger partial charge in [-0.3, -0.25) is 24.1 Å². The SMILES string of the molecule is CC(=O)OCc1cc(CCCCNC(=O)CCN2C(=O)C=CC2=O)ccc1O[C@@H]1O[C@H](C(=O)O)[C@@H](O)[C@H](O)[C@H]1O. The van der Waals surface area contributed by atoms with E-state index in [2.05, 4.69) is 5.32 Å². The van der Waals surface area contributed by atoms with Crippen molar-refractivity contribution in [3.63, 3.8) is 0 Å². The molecule has 2 aliphatic heterocycles. The zero-order valence-corrected chi connectivity index (χ0v) is 21.7. The number of nitrogens with zero attached hydrogens (tertiary/aromatic N) is 1. The molecule has 5 N–H and O–H groups in total. The summed E-state index contributed by atoms with van der Waals surface area (Å²) in [5.74, 6) is -3.16. The van der Waals surface area contributed by atoms with Crippen LogP contribution in [0.1, 0.15) is 37.3 Å². The number of benzene rings is 1. The van der Waals surface area contributed by atoms with Crippen LogP contribution < -0.4 is 10.1 Å². The summed E-state index contributed by atoms with van der Waals surface area (Å²) in [6, 6.07) is 4.93. The van der Waals surface area contributed by atoms with Gasteiger partial charge >= 0.3 is 11.9 Å². The molecule has 1 aromatic carbocycles. The number of carboxylic acids is 1. The van der Waals surface area contributed by atoms with Crippen molar-refractivity contribution in [2.24, 2.45) is 0 Å². The molecule has 0 radical (unpaired) electrons. The molecule has 0 aliphatic carbocycles. The Balaban J connectivity index is 1.52. The lowest BCUT2D eigenvalue weighted by Crippen LogP contribution is -2.61. The molecule has 3 amide bonds. The van der Waals surface area contributed by atoms with Crippen LogP contribution in [0.25, 0.3) is 0 Å². The average Bonchev–Trinajstić information content (AvgIpc) is 3.23. The first-order valence-corrected chi connectivity index (χ1v) is 12.6. The molecule has 2 aliphatic rings. The summed E-state index contributed by atoms with van der Waals surface area (Å²) in [6.07, 6.45) is -4.69. The van der Waals surface area contributed by atoms with E-state index in [1.165, 1.54) is 13.0 Å². The highest BCUT2D eigenvalue weighted by Gasteiger charge is 2.48. The zero-order chi connectivity index (χ0) is 29.4. The second-order valence-corrected chi connectivity index (χ2v) is 9.29. The van der Waals surface area contributed by atoms with Crippen molar-refractivity contribution < 1.29 is 58.6 Å². The van der Waals surface area contributed by atoms with Crippen LogP contribution in [0, 0.1) is 0 Å². The van der Waals surface area contributed by atoms with Crippen LogP contribution in [0.4, 0.5) is 0 Å². The number of hydrogen-bond acceptors (Lipinski definition) is 11. The Morgan fingerprint density at radius 1 is 1.02 bits per heavy atom. The number of hydrogen-bond donors (Lipinski definition) is 5. The standard InChI is InChI=1S/C26H32N2O12/c1-14(29)38-13-16-12-15(4-2-3-10-27-18(30)9-11-28-19(31)7-8-20(28)32)5-6-17(16)39-26-23(35)21(33)22(34)24(40-26)25(36)37/h5-8,12,21-24,26,33-35H,2-4,9-11,13H2,1H3,(H,27,30)(H,36,37)/t21-,22-,23+,24-,26+/m0/s1. The molecule has 0 saturated carbocycles. The molecule has 1 aromatic rings. The number of aliphatic hydroxyl groups is 3. The van der Waals surface area contributed by atoms with E-state index in [1.54, 1.807) is 12.1 Å². The topological polar surface area (TPSA) is 209 Å². The molecule has 0 unspecified atom stereocenters. The quantitative estimate of drug-likeness (QED) is 0.108. The molecule has 14 heteroatoms. The van der Waals surface area contributed by atoms with Crippen LogP contribution in [0.3, 0.4) is 0 Å². The Morgan fingerprint density at radius 3 is 2.38 bits per heavy atom. The second-order valence-electron chi connectivity index (χ2n) is 9.29. The van der Waals surface area contributed by atoms with E-state index in [1.807, 2.05) is 0 Å². The van der Waals surface area contributed by atoms with Crippen molar-refractivity contribution in [1.82, 2.24) is 10.2 Å². The van der Waals surface area contributed by atoms with Gasteiger partial charge in [-0.15, -0.1) is 0 Å². The van der Waals surface area contributed by atoms with Crippen LogP contribution in [-0.4, -0.2) is 98.8 Å². The molecule has 2 heterocycles. The number of carboxylic acid groups (broad SMARTS) is 1. The summed E-state index contributed by atoms with van der Waals surface area (Å²) < 4.78 is 15.9. The first-order valence-electron chi connectivity index (χ1n) is 12.6. The number of esters is 1. The van der Waals surface area contributed by atoms with Gasteiger partial charge in [-0.05, 0) is 37.0 Å². The molecule has 1 saturated heterocycles. The van der Waals surface area contributed by atoms with Crippen LogP contribution in [-0.2, 0) is 46.5 Å². The Morgan fingerprint density at radius 2 is 1.73 bits per heavy atom. The number of imide groups is 1. The van der Waals surface area contributed by atoms with Gasteiger partial charge in [0.2, 0.25) is 12.2 Å². The monoisotopic (exact) mass is 564 g/mol. The fourth-order valence-corrected chi connectivity index (χ4v) is 4.11. The van der Waals surface area contributed by atoms with E-state index in [0.29, 0.717) is 31.4 Å². The summed E-state index contributed by atoms with van der Waals surface area (Å²) in [7, 11) is 0. The maximum atomic E-state index is 12.0. The van der Waals surface area contributed by atoms with Gasteiger partial charge < -0.3 is 40.0 Å². The highest BCUT2D eigenvalue weighted by Crippen LogP contribution is 2.28. The number of rotatable bonds is 13. The minimum atomic E-state index is -1.86. The number of nitrogens with one attached hydrogen (secondary N) is 1. The Kier molecular flexibility index (Phi) is 10.7. The summed E-state index contributed by atoms with van der Waals surface area (Å²) in [5, 5.41) is 42.1. The summed E-state index contributed by atoms with van der Waals surface area (Å²) >= 11 is 0. The zero-order valence-electron chi connectivity index (χ0n) is 21.7. The van der Waals surface area contributed by atoms with Gasteiger partial charge in [0, 0.05) is 44.1 Å². The Hall–Kier alpha value is -3.85. The summed E-state index contributed by atoms with van der Waals surface area (Å²) in [6.45, 7) is 1.42. The third-order valence-electron chi connectivity index (χ3n) is 6.29. The normalized spacial score (nSPS) is 24.2. The molecule has 1 fully saturated rings. The van der Waals surface area contributed by atoms with Crippen molar-refractivity contribution in [3.8, 4) is 5.75 Å². The molecule has 14 nitrogen and oxygen atoms in total. The predicted molar refractivity (Wildman–Crippen MR) is 133 cm³/mol. The lowest BCUT2D eigenvalue weighted by Gasteiger charge is -2.38. The van der Waals surface area contributed by atoms with E-state index in [4.69, 9.17) is 14.2 Å². The van der Waals surface area contributed by atoms with E-state index >= 15 is 0 Å². The maximum absolute atomic E-state index is 12.0. The number of aryl methyl sites for hydroxylation is 1. The van der Waals surface area contributed by atoms with Gasteiger partial charge in [-0.25, -0.2) is 4.79 Å². The molecule has 0 bridgehead atoms. The van der Waals surface area contributed by atoms with Crippen LogP contribution in [0.5, 0.6) is 5.75 Å². The molecule has 3 rings (SSSR count). The molecular weight excluding hydrogens is 532 g/mol. The minimum Gasteiger partial charge on any atom is -0.479 e.